The number of rotatable bonds is 3. The molecule has 0 radical (unpaired) electrons. The van der Waals surface area contributed by atoms with Gasteiger partial charge in [0, 0.05) is 25.6 Å². The SMILES string of the molecule is CN(Cc1ccccc1)C(=O)[C@H]1CC[C@H](N)CC1.Cl. The molecule has 2 N–H and O–H groups in total. The van der Waals surface area contributed by atoms with Gasteiger partial charge in [-0.3, -0.25) is 4.79 Å². The van der Waals surface area contributed by atoms with Gasteiger partial charge in [0.05, 0.1) is 0 Å². The predicted octanol–water partition coefficient (Wildman–Crippen LogP) is 2.58. The number of carbonyl (C=O) groups excluding carboxylic acids is 1. The fourth-order valence-electron chi connectivity index (χ4n) is 2.61. The third-order valence-corrected chi connectivity index (χ3v) is 3.76. The lowest BCUT2D eigenvalue weighted by Gasteiger charge is -2.29. The highest BCUT2D eigenvalue weighted by atomic mass is 35.5. The largest absolute Gasteiger partial charge is 0.341 e. The third kappa shape index (κ3) is 4.51. The monoisotopic (exact) mass is 282 g/mol. The van der Waals surface area contributed by atoms with Crippen molar-refractivity contribution in [1.29, 1.82) is 0 Å². The van der Waals surface area contributed by atoms with Crippen LogP contribution in [0.2, 0.25) is 0 Å². The van der Waals surface area contributed by atoms with E-state index in [1.54, 1.807) is 0 Å². The molecule has 1 aromatic rings. The van der Waals surface area contributed by atoms with Crippen LogP contribution in [0.3, 0.4) is 0 Å². The first kappa shape index (κ1) is 16.0. The van der Waals surface area contributed by atoms with Crippen molar-refractivity contribution in [3.05, 3.63) is 35.9 Å². The summed E-state index contributed by atoms with van der Waals surface area (Å²) in [5, 5.41) is 0. The van der Waals surface area contributed by atoms with Crippen LogP contribution in [0.25, 0.3) is 0 Å². The Hall–Kier alpha value is -1.06. The quantitative estimate of drug-likeness (QED) is 0.926. The van der Waals surface area contributed by atoms with Crippen molar-refractivity contribution < 1.29 is 4.79 Å². The molecule has 0 aliphatic heterocycles. The Morgan fingerprint density at radius 2 is 1.79 bits per heavy atom. The molecule has 0 spiro atoms. The summed E-state index contributed by atoms with van der Waals surface area (Å²) in [4.78, 5) is 14.1. The number of halogens is 1. The van der Waals surface area contributed by atoms with Crippen LogP contribution in [0.15, 0.2) is 30.3 Å². The van der Waals surface area contributed by atoms with Gasteiger partial charge in [0.2, 0.25) is 5.91 Å². The topological polar surface area (TPSA) is 46.3 Å². The van der Waals surface area contributed by atoms with Gasteiger partial charge >= 0.3 is 0 Å². The van der Waals surface area contributed by atoms with Gasteiger partial charge in [-0.1, -0.05) is 30.3 Å². The maximum atomic E-state index is 12.3. The molecule has 1 aliphatic rings. The van der Waals surface area contributed by atoms with Gasteiger partial charge in [0.15, 0.2) is 0 Å². The van der Waals surface area contributed by atoms with Crippen LogP contribution in [0.4, 0.5) is 0 Å². The zero-order valence-corrected chi connectivity index (χ0v) is 12.2. The van der Waals surface area contributed by atoms with Crippen molar-refractivity contribution in [2.45, 2.75) is 38.3 Å². The average molecular weight is 283 g/mol. The van der Waals surface area contributed by atoms with Crippen molar-refractivity contribution in [2.24, 2.45) is 11.7 Å². The number of carbonyl (C=O) groups is 1. The first-order chi connectivity index (χ1) is 8.66. The highest BCUT2D eigenvalue weighted by molar-refractivity contribution is 5.85. The molecule has 1 aromatic carbocycles. The molecule has 0 aromatic heterocycles. The molecule has 1 saturated carbocycles. The number of hydrogen-bond acceptors (Lipinski definition) is 2. The highest BCUT2D eigenvalue weighted by Gasteiger charge is 2.26. The van der Waals surface area contributed by atoms with Gasteiger partial charge in [0.1, 0.15) is 0 Å². The van der Waals surface area contributed by atoms with E-state index in [1.807, 2.05) is 30.1 Å². The second kappa shape index (κ2) is 7.51. The van der Waals surface area contributed by atoms with Crippen molar-refractivity contribution in [1.82, 2.24) is 4.90 Å². The van der Waals surface area contributed by atoms with E-state index in [-0.39, 0.29) is 24.2 Å². The Morgan fingerprint density at radius 3 is 2.37 bits per heavy atom. The summed E-state index contributed by atoms with van der Waals surface area (Å²) in [6.45, 7) is 0.697. The number of nitrogens with two attached hydrogens (primary N) is 1. The third-order valence-electron chi connectivity index (χ3n) is 3.76. The number of benzene rings is 1. The van der Waals surface area contributed by atoms with Crippen LogP contribution in [0, 0.1) is 5.92 Å². The van der Waals surface area contributed by atoms with Crippen LogP contribution in [0.1, 0.15) is 31.2 Å². The predicted molar refractivity (Wildman–Crippen MR) is 80.1 cm³/mol. The molecule has 1 amide bonds. The van der Waals surface area contributed by atoms with E-state index in [9.17, 15) is 4.79 Å². The smallest absolute Gasteiger partial charge is 0.225 e. The van der Waals surface area contributed by atoms with Crippen molar-refractivity contribution in [2.75, 3.05) is 7.05 Å². The molecule has 4 heteroatoms. The number of nitrogens with zero attached hydrogens (tertiary/aromatic N) is 1. The van der Waals surface area contributed by atoms with Crippen molar-refractivity contribution in [3.8, 4) is 0 Å². The Kier molecular flexibility index (Phi) is 6.32. The zero-order valence-electron chi connectivity index (χ0n) is 11.4. The van der Waals surface area contributed by atoms with E-state index in [0.717, 1.165) is 25.7 Å². The normalized spacial score (nSPS) is 22.4. The maximum absolute atomic E-state index is 12.3. The summed E-state index contributed by atoms with van der Waals surface area (Å²) < 4.78 is 0. The van der Waals surface area contributed by atoms with E-state index >= 15 is 0 Å². The molecule has 0 saturated heterocycles. The number of hydrogen-bond donors (Lipinski definition) is 1. The van der Waals surface area contributed by atoms with Crippen LogP contribution in [-0.4, -0.2) is 23.9 Å². The summed E-state index contributed by atoms with van der Waals surface area (Å²) in [5.41, 5.74) is 7.05. The second-order valence-corrected chi connectivity index (χ2v) is 5.29. The Balaban J connectivity index is 0.00000180. The van der Waals surface area contributed by atoms with E-state index in [0.29, 0.717) is 12.6 Å². The highest BCUT2D eigenvalue weighted by Crippen LogP contribution is 2.25. The van der Waals surface area contributed by atoms with Gasteiger partial charge in [-0.05, 0) is 31.2 Å². The van der Waals surface area contributed by atoms with Gasteiger partial charge in [-0.25, -0.2) is 0 Å². The van der Waals surface area contributed by atoms with Crippen molar-refractivity contribution >= 4 is 18.3 Å². The van der Waals surface area contributed by atoms with Gasteiger partial charge in [0.25, 0.3) is 0 Å². The lowest BCUT2D eigenvalue weighted by Crippen LogP contribution is -2.37. The molecule has 106 valence electrons. The summed E-state index contributed by atoms with van der Waals surface area (Å²) in [6.07, 6.45) is 3.85. The van der Waals surface area contributed by atoms with E-state index in [4.69, 9.17) is 5.73 Å². The molecule has 2 rings (SSSR count). The van der Waals surface area contributed by atoms with Crippen LogP contribution in [-0.2, 0) is 11.3 Å². The lowest BCUT2D eigenvalue weighted by atomic mass is 9.85. The van der Waals surface area contributed by atoms with Crippen LogP contribution in [0.5, 0.6) is 0 Å². The molecular weight excluding hydrogens is 260 g/mol. The molecule has 0 heterocycles. The zero-order chi connectivity index (χ0) is 13.0. The molecule has 3 nitrogen and oxygen atoms in total. The molecule has 0 unspecified atom stereocenters. The molecule has 19 heavy (non-hydrogen) atoms. The summed E-state index contributed by atoms with van der Waals surface area (Å²) >= 11 is 0. The van der Waals surface area contributed by atoms with Gasteiger partial charge < -0.3 is 10.6 Å². The molecule has 0 atom stereocenters. The van der Waals surface area contributed by atoms with Gasteiger partial charge in [-0.2, -0.15) is 0 Å². The molecule has 1 aliphatic carbocycles. The fraction of sp³-hybridized carbons (Fsp3) is 0.533. The minimum atomic E-state index is 0. The van der Waals surface area contributed by atoms with Gasteiger partial charge in [-0.15, -0.1) is 12.4 Å². The summed E-state index contributed by atoms with van der Waals surface area (Å²) in [5.74, 6) is 0.448. The van der Waals surface area contributed by atoms with Crippen molar-refractivity contribution in [3.63, 3.8) is 0 Å². The van der Waals surface area contributed by atoms with Crippen LogP contribution < -0.4 is 5.73 Å². The standard InChI is InChI=1S/C15H22N2O.ClH/c1-17(11-12-5-3-2-4-6-12)15(18)13-7-9-14(16)10-8-13;/h2-6,13-14H,7-11,16H2,1H3;1H/t13-,14-;. The Morgan fingerprint density at radius 1 is 1.21 bits per heavy atom. The van der Waals surface area contributed by atoms with E-state index in [2.05, 4.69) is 12.1 Å². The summed E-state index contributed by atoms with van der Waals surface area (Å²) in [6, 6.07) is 10.4. The maximum Gasteiger partial charge on any atom is 0.225 e. The Labute approximate surface area is 121 Å². The van der Waals surface area contributed by atoms with E-state index < -0.39 is 0 Å². The fourth-order valence-corrected chi connectivity index (χ4v) is 2.61. The second-order valence-electron chi connectivity index (χ2n) is 5.29. The molecule has 1 fully saturated rings. The first-order valence-electron chi connectivity index (χ1n) is 6.71. The Bertz CT molecular complexity index is 388. The number of amides is 1. The summed E-state index contributed by atoms with van der Waals surface area (Å²) in [7, 11) is 1.89. The molecule has 0 bridgehead atoms. The minimum absolute atomic E-state index is 0. The lowest BCUT2D eigenvalue weighted by molar-refractivity contribution is -0.135. The first-order valence-corrected chi connectivity index (χ1v) is 6.71. The average Bonchev–Trinajstić information content (AvgIpc) is 2.40. The van der Waals surface area contributed by atoms with E-state index in [1.165, 1.54) is 5.56 Å². The van der Waals surface area contributed by atoms with Crippen LogP contribution >= 0.6 is 12.4 Å². The minimum Gasteiger partial charge on any atom is -0.341 e. The molecular formula is C15H23ClN2O.